The highest BCUT2D eigenvalue weighted by atomic mass is 16.6. The Kier molecular flexibility index (Phi) is 5.49. The number of hydrogen-bond donors (Lipinski definition) is 2. The van der Waals surface area contributed by atoms with Gasteiger partial charge < -0.3 is 19.8 Å². The molecule has 0 aliphatic heterocycles. The Morgan fingerprint density at radius 3 is 2.62 bits per heavy atom. The summed E-state index contributed by atoms with van der Waals surface area (Å²) in [6.07, 6.45) is 1.52. The summed E-state index contributed by atoms with van der Waals surface area (Å²) < 4.78 is 10.3. The van der Waals surface area contributed by atoms with Gasteiger partial charge in [0.05, 0.1) is 6.61 Å². The van der Waals surface area contributed by atoms with E-state index in [1.807, 2.05) is 30.5 Å². The fourth-order valence-corrected chi connectivity index (χ4v) is 2.41. The van der Waals surface area contributed by atoms with E-state index in [0.717, 1.165) is 16.5 Å². The second kappa shape index (κ2) is 7.38. The van der Waals surface area contributed by atoms with Crippen molar-refractivity contribution in [3.8, 4) is 0 Å². The molecule has 6 heteroatoms. The van der Waals surface area contributed by atoms with Crippen LogP contribution in [0.3, 0.4) is 0 Å². The van der Waals surface area contributed by atoms with Crippen molar-refractivity contribution in [1.29, 1.82) is 0 Å². The van der Waals surface area contributed by atoms with Gasteiger partial charge in [0.2, 0.25) is 0 Å². The number of rotatable bonds is 5. The minimum atomic E-state index is -0.806. The van der Waals surface area contributed by atoms with E-state index in [9.17, 15) is 9.59 Å². The van der Waals surface area contributed by atoms with Crippen LogP contribution >= 0.6 is 0 Å². The van der Waals surface area contributed by atoms with E-state index < -0.39 is 23.7 Å². The summed E-state index contributed by atoms with van der Waals surface area (Å²) in [5.41, 5.74) is 1.27. The number of esters is 1. The van der Waals surface area contributed by atoms with Gasteiger partial charge in [-0.25, -0.2) is 9.59 Å². The Balaban J connectivity index is 2.17. The molecule has 0 radical (unpaired) electrons. The molecule has 0 saturated heterocycles. The minimum Gasteiger partial charge on any atom is -0.464 e. The summed E-state index contributed by atoms with van der Waals surface area (Å²) in [5.74, 6) is -0.478. The average Bonchev–Trinajstić information content (AvgIpc) is 2.88. The molecular weight excluding hydrogens is 308 g/mol. The molecule has 0 bridgehead atoms. The predicted molar refractivity (Wildman–Crippen MR) is 91.8 cm³/mol. The Hall–Kier alpha value is -2.50. The van der Waals surface area contributed by atoms with Crippen LogP contribution in [-0.2, 0) is 20.7 Å². The lowest BCUT2D eigenvalue weighted by Gasteiger charge is -2.22. The number of carbonyl (C=O) groups is 2. The molecule has 2 N–H and O–H groups in total. The number of amides is 1. The van der Waals surface area contributed by atoms with Crippen LogP contribution in [0.5, 0.6) is 0 Å². The van der Waals surface area contributed by atoms with Gasteiger partial charge in [0.25, 0.3) is 0 Å². The van der Waals surface area contributed by atoms with E-state index in [1.165, 1.54) is 0 Å². The first-order chi connectivity index (χ1) is 11.3. The quantitative estimate of drug-likeness (QED) is 0.824. The highest BCUT2D eigenvalue weighted by Gasteiger charge is 2.26. The second-order valence-corrected chi connectivity index (χ2v) is 6.51. The van der Waals surface area contributed by atoms with Gasteiger partial charge in [0.1, 0.15) is 11.6 Å². The summed E-state index contributed by atoms with van der Waals surface area (Å²) in [4.78, 5) is 27.4. The van der Waals surface area contributed by atoms with Gasteiger partial charge in [-0.2, -0.15) is 0 Å². The lowest BCUT2D eigenvalue weighted by Crippen LogP contribution is -2.45. The van der Waals surface area contributed by atoms with Gasteiger partial charge in [-0.05, 0) is 39.3 Å². The smallest absolute Gasteiger partial charge is 0.408 e. The molecule has 1 atom stereocenters. The van der Waals surface area contributed by atoms with Gasteiger partial charge in [0.15, 0.2) is 0 Å². The third-order valence-electron chi connectivity index (χ3n) is 3.36. The number of para-hydroxylation sites is 1. The first-order valence-corrected chi connectivity index (χ1v) is 8.01. The number of H-pyrrole nitrogens is 1. The summed E-state index contributed by atoms with van der Waals surface area (Å²) >= 11 is 0. The molecule has 24 heavy (non-hydrogen) atoms. The Bertz CT molecular complexity index is 715. The van der Waals surface area contributed by atoms with Gasteiger partial charge in [-0.3, -0.25) is 0 Å². The lowest BCUT2D eigenvalue weighted by molar-refractivity contribution is -0.145. The Morgan fingerprint density at radius 2 is 1.96 bits per heavy atom. The number of carbonyl (C=O) groups excluding carboxylic acids is 2. The standard InChI is InChI=1S/C18H24N2O4/c1-5-23-16(21)15(20-17(22)24-18(2,3)4)10-12-11-19-14-9-7-6-8-13(12)14/h6-9,11,15,19H,5,10H2,1-4H3,(H,20,22)/t15-/m0/s1. The largest absolute Gasteiger partial charge is 0.464 e. The van der Waals surface area contributed by atoms with E-state index in [2.05, 4.69) is 10.3 Å². The van der Waals surface area contributed by atoms with Crippen molar-refractivity contribution in [2.75, 3.05) is 6.61 Å². The van der Waals surface area contributed by atoms with Crippen molar-refractivity contribution < 1.29 is 19.1 Å². The maximum atomic E-state index is 12.2. The maximum absolute atomic E-state index is 12.2. The van der Waals surface area contributed by atoms with Gasteiger partial charge >= 0.3 is 12.1 Å². The number of nitrogens with one attached hydrogen (secondary N) is 2. The van der Waals surface area contributed by atoms with E-state index in [4.69, 9.17) is 9.47 Å². The van der Waals surface area contributed by atoms with Gasteiger partial charge in [-0.1, -0.05) is 18.2 Å². The molecule has 6 nitrogen and oxygen atoms in total. The topological polar surface area (TPSA) is 80.4 Å². The lowest BCUT2D eigenvalue weighted by atomic mass is 10.1. The van der Waals surface area contributed by atoms with Crippen molar-refractivity contribution in [3.05, 3.63) is 36.0 Å². The monoisotopic (exact) mass is 332 g/mol. The molecule has 2 aromatic rings. The molecule has 130 valence electrons. The molecule has 1 aromatic heterocycles. The highest BCUT2D eigenvalue weighted by Crippen LogP contribution is 2.19. The van der Waals surface area contributed by atoms with E-state index >= 15 is 0 Å². The second-order valence-electron chi connectivity index (χ2n) is 6.51. The molecule has 1 aromatic carbocycles. The van der Waals surface area contributed by atoms with Crippen LogP contribution in [0.4, 0.5) is 4.79 Å². The van der Waals surface area contributed by atoms with Crippen LogP contribution in [0.25, 0.3) is 10.9 Å². The third-order valence-corrected chi connectivity index (χ3v) is 3.36. The van der Waals surface area contributed by atoms with Crippen LogP contribution < -0.4 is 5.32 Å². The van der Waals surface area contributed by atoms with Crippen molar-refractivity contribution in [1.82, 2.24) is 10.3 Å². The van der Waals surface area contributed by atoms with Crippen LogP contribution in [0.1, 0.15) is 33.3 Å². The number of fused-ring (bicyclic) bond motifs is 1. The fourth-order valence-electron chi connectivity index (χ4n) is 2.41. The zero-order valence-corrected chi connectivity index (χ0v) is 14.5. The zero-order valence-electron chi connectivity index (χ0n) is 14.5. The van der Waals surface area contributed by atoms with Gasteiger partial charge in [-0.15, -0.1) is 0 Å². The minimum absolute atomic E-state index is 0.249. The number of alkyl carbamates (subject to hydrolysis) is 1. The normalized spacial score (nSPS) is 12.7. The average molecular weight is 332 g/mol. The molecule has 0 aliphatic carbocycles. The summed E-state index contributed by atoms with van der Waals surface area (Å²) in [7, 11) is 0. The highest BCUT2D eigenvalue weighted by molar-refractivity contribution is 5.86. The number of hydrogen-bond acceptors (Lipinski definition) is 4. The number of aromatic amines is 1. The molecule has 0 fully saturated rings. The maximum Gasteiger partial charge on any atom is 0.408 e. The molecule has 1 amide bonds. The van der Waals surface area contributed by atoms with E-state index in [0.29, 0.717) is 6.42 Å². The molecule has 0 unspecified atom stereocenters. The van der Waals surface area contributed by atoms with Crippen molar-refractivity contribution >= 4 is 23.0 Å². The molecule has 2 rings (SSSR count). The predicted octanol–water partition coefficient (Wildman–Crippen LogP) is 3.17. The summed E-state index contributed by atoms with van der Waals surface area (Å²) in [6.45, 7) is 7.29. The van der Waals surface area contributed by atoms with E-state index in [-0.39, 0.29) is 6.61 Å². The van der Waals surface area contributed by atoms with Crippen molar-refractivity contribution in [3.63, 3.8) is 0 Å². The summed E-state index contributed by atoms with van der Waals surface area (Å²) in [5, 5.41) is 3.62. The van der Waals surface area contributed by atoms with Crippen LogP contribution in [0.2, 0.25) is 0 Å². The first kappa shape index (κ1) is 17.8. The number of benzene rings is 1. The fraction of sp³-hybridized carbons (Fsp3) is 0.444. The molecular formula is C18H24N2O4. The molecule has 0 saturated carbocycles. The number of aromatic nitrogens is 1. The van der Waals surface area contributed by atoms with Crippen molar-refractivity contribution in [2.24, 2.45) is 0 Å². The Labute approximate surface area is 141 Å². The van der Waals surface area contributed by atoms with Crippen LogP contribution in [0, 0.1) is 0 Å². The molecule has 1 heterocycles. The van der Waals surface area contributed by atoms with Gasteiger partial charge in [0, 0.05) is 23.5 Å². The Morgan fingerprint density at radius 1 is 1.25 bits per heavy atom. The van der Waals surface area contributed by atoms with Crippen LogP contribution in [-0.4, -0.2) is 35.3 Å². The summed E-state index contributed by atoms with van der Waals surface area (Å²) in [6, 6.07) is 6.99. The first-order valence-electron chi connectivity index (χ1n) is 8.01. The SMILES string of the molecule is CCOC(=O)[C@H](Cc1c[nH]c2ccccc12)NC(=O)OC(C)(C)C. The molecule has 0 aliphatic rings. The zero-order chi connectivity index (χ0) is 17.7. The molecule has 0 spiro atoms. The van der Waals surface area contributed by atoms with Crippen molar-refractivity contribution in [2.45, 2.75) is 45.8 Å². The number of ether oxygens (including phenoxy) is 2. The van der Waals surface area contributed by atoms with Crippen LogP contribution in [0.15, 0.2) is 30.5 Å². The third kappa shape index (κ3) is 4.75. The van der Waals surface area contributed by atoms with E-state index in [1.54, 1.807) is 27.7 Å².